The number of carbonyl (C=O) groups is 1. The molecule has 0 saturated heterocycles. The summed E-state index contributed by atoms with van der Waals surface area (Å²) < 4.78 is 1.86. The number of hydrogen-bond donors (Lipinski definition) is 0. The minimum absolute atomic E-state index is 0.213. The summed E-state index contributed by atoms with van der Waals surface area (Å²) in [5, 5.41) is 4.24. The van der Waals surface area contributed by atoms with E-state index in [-0.39, 0.29) is 5.41 Å². The van der Waals surface area contributed by atoms with Gasteiger partial charge in [-0.25, -0.2) is 4.52 Å². The van der Waals surface area contributed by atoms with Crippen molar-refractivity contribution in [1.29, 1.82) is 0 Å². The molecule has 3 heteroatoms. The van der Waals surface area contributed by atoms with Crippen molar-refractivity contribution in [3.63, 3.8) is 0 Å². The summed E-state index contributed by atoms with van der Waals surface area (Å²) in [5.41, 5.74) is 1.99. The zero-order chi connectivity index (χ0) is 11.9. The van der Waals surface area contributed by atoms with E-state index < -0.39 is 0 Å². The number of fused-ring (bicyclic) bond motifs is 1. The maximum Gasteiger partial charge on any atom is 0.143 e. The molecule has 88 valence electrons. The molecular formula is C14H16N2O. The van der Waals surface area contributed by atoms with E-state index in [0.717, 1.165) is 30.3 Å². The van der Waals surface area contributed by atoms with E-state index in [4.69, 9.17) is 0 Å². The highest BCUT2D eigenvalue weighted by Crippen LogP contribution is 2.45. The molecular weight excluding hydrogens is 212 g/mol. The number of pyridine rings is 1. The van der Waals surface area contributed by atoms with E-state index in [2.05, 4.69) is 11.2 Å². The number of ketones is 1. The summed E-state index contributed by atoms with van der Waals surface area (Å²) >= 11 is 0. The smallest absolute Gasteiger partial charge is 0.143 e. The van der Waals surface area contributed by atoms with Crippen LogP contribution in [-0.4, -0.2) is 15.4 Å². The van der Waals surface area contributed by atoms with Crippen molar-refractivity contribution in [3.05, 3.63) is 36.2 Å². The van der Waals surface area contributed by atoms with Crippen molar-refractivity contribution in [3.8, 4) is 0 Å². The fourth-order valence-electron chi connectivity index (χ4n) is 2.79. The molecule has 2 aromatic rings. The predicted molar refractivity (Wildman–Crippen MR) is 66.0 cm³/mol. The van der Waals surface area contributed by atoms with Gasteiger partial charge in [0.15, 0.2) is 0 Å². The molecule has 17 heavy (non-hydrogen) atoms. The van der Waals surface area contributed by atoms with Crippen molar-refractivity contribution in [1.82, 2.24) is 9.61 Å². The van der Waals surface area contributed by atoms with Gasteiger partial charge in [0.2, 0.25) is 0 Å². The molecule has 1 aliphatic rings. The van der Waals surface area contributed by atoms with Crippen molar-refractivity contribution >= 4 is 11.3 Å². The molecule has 0 bridgehead atoms. The second-order valence-electron chi connectivity index (χ2n) is 4.83. The van der Waals surface area contributed by atoms with Gasteiger partial charge in [-0.15, -0.1) is 0 Å². The number of nitrogens with zero attached hydrogens (tertiary/aromatic N) is 2. The molecule has 1 saturated carbocycles. The van der Waals surface area contributed by atoms with Gasteiger partial charge in [-0.1, -0.05) is 19.4 Å². The monoisotopic (exact) mass is 228 g/mol. The van der Waals surface area contributed by atoms with Gasteiger partial charge in [-0.3, -0.25) is 4.79 Å². The van der Waals surface area contributed by atoms with Crippen LogP contribution in [0.4, 0.5) is 0 Å². The first kappa shape index (κ1) is 10.5. The molecule has 0 aromatic carbocycles. The van der Waals surface area contributed by atoms with Crippen molar-refractivity contribution < 1.29 is 4.79 Å². The lowest BCUT2D eigenvalue weighted by Gasteiger charge is -2.40. The van der Waals surface area contributed by atoms with Crippen LogP contribution in [0.2, 0.25) is 0 Å². The Bertz CT molecular complexity index is 566. The molecule has 0 N–H and O–H groups in total. The quantitative estimate of drug-likeness (QED) is 0.809. The lowest BCUT2D eigenvalue weighted by atomic mass is 9.62. The van der Waals surface area contributed by atoms with Gasteiger partial charge in [-0.2, -0.15) is 5.10 Å². The van der Waals surface area contributed by atoms with Crippen LogP contribution >= 0.6 is 0 Å². The summed E-state index contributed by atoms with van der Waals surface area (Å²) in [7, 11) is 0. The third kappa shape index (κ3) is 1.42. The molecule has 2 aromatic heterocycles. The Hall–Kier alpha value is -1.64. The summed E-state index contributed by atoms with van der Waals surface area (Å²) in [4.78, 5) is 12.2. The lowest BCUT2D eigenvalue weighted by Crippen LogP contribution is -2.42. The van der Waals surface area contributed by atoms with Gasteiger partial charge in [-0.05, 0) is 30.5 Å². The fourth-order valence-corrected chi connectivity index (χ4v) is 2.79. The molecule has 3 nitrogen and oxygen atoms in total. The predicted octanol–water partition coefficient (Wildman–Crippen LogP) is 2.74. The van der Waals surface area contributed by atoms with Gasteiger partial charge in [0.05, 0.1) is 10.9 Å². The number of rotatable bonds is 3. The van der Waals surface area contributed by atoms with Crippen molar-refractivity contribution in [2.45, 2.75) is 38.0 Å². The summed E-state index contributed by atoms with van der Waals surface area (Å²) in [6.07, 6.45) is 7.56. The maximum absolute atomic E-state index is 12.2. The number of carbonyl (C=O) groups excluding carboxylic acids is 1. The van der Waals surface area contributed by atoms with Crippen LogP contribution in [0.15, 0.2) is 30.6 Å². The Morgan fingerprint density at radius 1 is 1.41 bits per heavy atom. The van der Waals surface area contributed by atoms with E-state index in [0.29, 0.717) is 12.2 Å². The summed E-state index contributed by atoms with van der Waals surface area (Å²) in [6, 6.07) is 6.11. The molecule has 0 aliphatic heterocycles. The third-order valence-electron chi connectivity index (χ3n) is 4.01. The van der Waals surface area contributed by atoms with Crippen LogP contribution in [0.3, 0.4) is 0 Å². The standard InChI is InChI=1S/C14H16N2O/c1-2-13(17)14(7-3-8-14)11-4-5-12-6-9-15-16(12)10-11/h4-6,9-10H,2-3,7-8H2,1H3. The van der Waals surface area contributed by atoms with Gasteiger partial charge < -0.3 is 0 Å². The molecule has 2 heterocycles. The molecule has 0 amide bonds. The van der Waals surface area contributed by atoms with E-state index in [1.165, 1.54) is 0 Å². The second-order valence-corrected chi connectivity index (χ2v) is 4.83. The van der Waals surface area contributed by atoms with Gasteiger partial charge in [0, 0.05) is 18.8 Å². The van der Waals surface area contributed by atoms with Crippen LogP contribution in [0, 0.1) is 0 Å². The van der Waals surface area contributed by atoms with Crippen LogP contribution < -0.4 is 0 Å². The minimum Gasteiger partial charge on any atom is -0.299 e. The van der Waals surface area contributed by atoms with Crippen LogP contribution in [0.25, 0.3) is 5.52 Å². The molecule has 1 fully saturated rings. The highest BCUT2D eigenvalue weighted by Gasteiger charge is 2.44. The first-order valence-corrected chi connectivity index (χ1v) is 6.23. The van der Waals surface area contributed by atoms with Crippen LogP contribution in [0.5, 0.6) is 0 Å². The van der Waals surface area contributed by atoms with E-state index >= 15 is 0 Å². The minimum atomic E-state index is -0.213. The zero-order valence-corrected chi connectivity index (χ0v) is 10.0. The Morgan fingerprint density at radius 2 is 2.24 bits per heavy atom. The largest absolute Gasteiger partial charge is 0.299 e. The number of hydrogen-bond acceptors (Lipinski definition) is 2. The van der Waals surface area contributed by atoms with Crippen molar-refractivity contribution in [2.24, 2.45) is 0 Å². The summed E-state index contributed by atoms with van der Waals surface area (Å²) in [5.74, 6) is 0.371. The summed E-state index contributed by atoms with van der Waals surface area (Å²) in [6.45, 7) is 1.95. The van der Waals surface area contributed by atoms with Gasteiger partial charge in [0.1, 0.15) is 5.78 Å². The topological polar surface area (TPSA) is 34.4 Å². The van der Waals surface area contributed by atoms with E-state index in [9.17, 15) is 4.79 Å². The molecule has 0 atom stereocenters. The van der Waals surface area contributed by atoms with Gasteiger partial charge >= 0.3 is 0 Å². The van der Waals surface area contributed by atoms with Crippen LogP contribution in [0.1, 0.15) is 38.2 Å². The number of aromatic nitrogens is 2. The van der Waals surface area contributed by atoms with Gasteiger partial charge in [0.25, 0.3) is 0 Å². The maximum atomic E-state index is 12.2. The Labute approximate surface area is 100 Å². The fraction of sp³-hybridized carbons (Fsp3) is 0.429. The highest BCUT2D eigenvalue weighted by atomic mass is 16.1. The number of Topliss-reactive ketones (excluding diaryl/α,β-unsaturated/α-hetero) is 1. The Balaban J connectivity index is 2.09. The Morgan fingerprint density at radius 3 is 2.88 bits per heavy atom. The SMILES string of the molecule is CCC(=O)C1(c2ccc3ccnn3c2)CCC1. The Kier molecular flexibility index (Phi) is 2.28. The first-order chi connectivity index (χ1) is 8.26. The first-order valence-electron chi connectivity index (χ1n) is 6.23. The van der Waals surface area contributed by atoms with Crippen molar-refractivity contribution in [2.75, 3.05) is 0 Å². The zero-order valence-electron chi connectivity index (χ0n) is 10.0. The average molecular weight is 228 g/mol. The second kappa shape index (κ2) is 3.69. The molecule has 0 unspecified atom stereocenters. The average Bonchev–Trinajstić information content (AvgIpc) is 2.74. The molecule has 1 aliphatic carbocycles. The van der Waals surface area contributed by atoms with E-state index in [1.54, 1.807) is 6.20 Å². The highest BCUT2D eigenvalue weighted by molar-refractivity contribution is 5.90. The molecule has 0 radical (unpaired) electrons. The molecule has 0 spiro atoms. The third-order valence-corrected chi connectivity index (χ3v) is 4.01. The lowest BCUT2D eigenvalue weighted by molar-refractivity contribution is -0.127. The normalized spacial score (nSPS) is 17.9. The van der Waals surface area contributed by atoms with E-state index in [1.807, 2.05) is 29.8 Å². The molecule has 3 rings (SSSR count). The van der Waals surface area contributed by atoms with Crippen LogP contribution in [-0.2, 0) is 10.2 Å².